The average molecular weight is 407 g/mol. The monoisotopic (exact) mass is 407 g/mol. The molecule has 0 fully saturated rings. The van der Waals surface area contributed by atoms with Gasteiger partial charge in [0.25, 0.3) is 0 Å². The van der Waals surface area contributed by atoms with Crippen molar-refractivity contribution in [2.75, 3.05) is 0 Å². The molecule has 0 aliphatic rings. The van der Waals surface area contributed by atoms with Crippen LogP contribution in [0.3, 0.4) is 0 Å². The first-order chi connectivity index (χ1) is 13.2. The van der Waals surface area contributed by atoms with Crippen molar-refractivity contribution < 1.29 is 26.3 Å². The molecule has 0 heterocycles. The first-order valence-corrected chi connectivity index (χ1v) is 9.71. The highest BCUT2D eigenvalue weighted by atomic mass is 32.2. The van der Waals surface area contributed by atoms with Crippen LogP contribution in [-0.2, 0) is 10.0 Å². The van der Waals surface area contributed by atoms with Crippen molar-refractivity contribution in [3.05, 3.63) is 96.1 Å². The van der Waals surface area contributed by atoms with Gasteiger partial charge >= 0.3 is 6.36 Å². The van der Waals surface area contributed by atoms with E-state index < -0.39 is 28.2 Å². The molecule has 146 valence electrons. The lowest BCUT2D eigenvalue weighted by molar-refractivity contribution is -0.274. The van der Waals surface area contributed by atoms with Crippen LogP contribution in [0.5, 0.6) is 5.75 Å². The summed E-state index contributed by atoms with van der Waals surface area (Å²) in [7, 11) is -4.00. The Labute approximate surface area is 160 Å². The zero-order chi connectivity index (χ0) is 20.2. The highest BCUT2D eigenvalue weighted by molar-refractivity contribution is 7.89. The van der Waals surface area contributed by atoms with E-state index >= 15 is 0 Å². The quantitative estimate of drug-likeness (QED) is 0.647. The topological polar surface area (TPSA) is 55.4 Å². The number of halogens is 3. The van der Waals surface area contributed by atoms with Gasteiger partial charge in [-0.1, -0.05) is 60.7 Å². The number of rotatable bonds is 6. The molecule has 0 amide bonds. The fourth-order valence-corrected chi connectivity index (χ4v) is 3.88. The van der Waals surface area contributed by atoms with Crippen molar-refractivity contribution in [2.45, 2.75) is 17.3 Å². The van der Waals surface area contributed by atoms with Gasteiger partial charge in [-0.05, 0) is 35.4 Å². The van der Waals surface area contributed by atoms with Crippen molar-refractivity contribution in [1.29, 1.82) is 0 Å². The molecule has 1 N–H and O–H groups in total. The minimum absolute atomic E-state index is 0.168. The Morgan fingerprint density at radius 3 is 1.64 bits per heavy atom. The largest absolute Gasteiger partial charge is 0.573 e. The smallest absolute Gasteiger partial charge is 0.406 e. The molecule has 0 aliphatic heterocycles. The van der Waals surface area contributed by atoms with Crippen LogP contribution < -0.4 is 9.46 Å². The number of nitrogens with one attached hydrogen (secondary N) is 1. The van der Waals surface area contributed by atoms with Gasteiger partial charge in [-0.15, -0.1) is 13.2 Å². The van der Waals surface area contributed by atoms with E-state index in [4.69, 9.17) is 0 Å². The summed E-state index contributed by atoms with van der Waals surface area (Å²) in [6.07, 6.45) is -4.84. The molecule has 0 unspecified atom stereocenters. The molecule has 8 heteroatoms. The lowest BCUT2D eigenvalue weighted by atomic mass is 10.00. The molecule has 4 nitrogen and oxygen atoms in total. The van der Waals surface area contributed by atoms with Crippen LogP contribution in [0.1, 0.15) is 17.2 Å². The van der Waals surface area contributed by atoms with Gasteiger partial charge in [-0.2, -0.15) is 4.72 Å². The molecule has 0 bridgehead atoms. The van der Waals surface area contributed by atoms with E-state index in [-0.39, 0.29) is 4.90 Å². The predicted molar refractivity (Wildman–Crippen MR) is 98.2 cm³/mol. The molecule has 3 aromatic rings. The van der Waals surface area contributed by atoms with E-state index in [1.807, 2.05) is 12.1 Å². The van der Waals surface area contributed by atoms with Gasteiger partial charge in [-0.25, -0.2) is 8.42 Å². The van der Waals surface area contributed by atoms with E-state index in [0.29, 0.717) is 0 Å². The summed E-state index contributed by atoms with van der Waals surface area (Å²) in [5.41, 5.74) is 1.46. The van der Waals surface area contributed by atoms with Crippen molar-refractivity contribution in [3.63, 3.8) is 0 Å². The summed E-state index contributed by atoms with van der Waals surface area (Å²) >= 11 is 0. The van der Waals surface area contributed by atoms with E-state index in [2.05, 4.69) is 9.46 Å². The van der Waals surface area contributed by atoms with Crippen LogP contribution >= 0.6 is 0 Å². The summed E-state index contributed by atoms with van der Waals surface area (Å²) in [5.74, 6) is -0.492. The Morgan fingerprint density at radius 2 is 1.21 bits per heavy atom. The van der Waals surface area contributed by atoms with Crippen LogP contribution in [0.2, 0.25) is 0 Å². The van der Waals surface area contributed by atoms with Crippen LogP contribution in [0.4, 0.5) is 13.2 Å². The molecule has 0 saturated carbocycles. The predicted octanol–water partition coefficient (Wildman–Crippen LogP) is 4.65. The number of hydrogen-bond acceptors (Lipinski definition) is 3. The second kappa shape index (κ2) is 8.04. The summed E-state index contributed by atoms with van der Waals surface area (Å²) < 4.78 is 68.8. The van der Waals surface area contributed by atoms with Crippen LogP contribution in [0.25, 0.3) is 0 Å². The summed E-state index contributed by atoms with van der Waals surface area (Å²) in [6, 6.07) is 21.4. The maximum Gasteiger partial charge on any atom is 0.573 e. The maximum absolute atomic E-state index is 12.8. The number of hydrogen-bond donors (Lipinski definition) is 1. The molecule has 0 spiro atoms. The SMILES string of the molecule is O=S(=O)(NC(c1ccccc1)c1ccccc1)c1ccc(OC(F)(F)F)cc1. The second-order valence-corrected chi connectivity index (χ2v) is 7.61. The van der Waals surface area contributed by atoms with Gasteiger partial charge in [0.05, 0.1) is 10.9 Å². The van der Waals surface area contributed by atoms with Crippen LogP contribution in [0, 0.1) is 0 Å². The molecule has 28 heavy (non-hydrogen) atoms. The van der Waals surface area contributed by atoms with E-state index in [1.165, 1.54) is 0 Å². The summed E-state index contributed by atoms with van der Waals surface area (Å²) in [5, 5.41) is 0. The molecule has 3 rings (SSSR count). The van der Waals surface area contributed by atoms with Gasteiger partial charge in [0.2, 0.25) is 10.0 Å². The van der Waals surface area contributed by atoms with Gasteiger partial charge in [-0.3, -0.25) is 0 Å². The standard InChI is InChI=1S/C20H16F3NO3S/c21-20(22,23)27-17-11-13-18(14-12-17)28(25,26)24-19(15-7-3-1-4-8-15)16-9-5-2-6-10-16/h1-14,19,24H. The van der Waals surface area contributed by atoms with E-state index in [1.54, 1.807) is 48.5 Å². The molecule has 3 aromatic carbocycles. The zero-order valence-electron chi connectivity index (χ0n) is 14.4. The molecule has 0 atom stereocenters. The second-order valence-electron chi connectivity index (χ2n) is 5.89. The van der Waals surface area contributed by atoms with E-state index in [0.717, 1.165) is 35.4 Å². The zero-order valence-corrected chi connectivity index (χ0v) is 15.2. The fourth-order valence-electron chi connectivity index (χ4n) is 2.66. The first kappa shape index (κ1) is 19.9. The van der Waals surface area contributed by atoms with Gasteiger partial charge in [0, 0.05) is 0 Å². The van der Waals surface area contributed by atoms with Crippen molar-refractivity contribution in [1.82, 2.24) is 4.72 Å². The Balaban J connectivity index is 1.90. The Morgan fingerprint density at radius 1 is 0.750 bits per heavy atom. The number of benzene rings is 3. The number of sulfonamides is 1. The minimum Gasteiger partial charge on any atom is -0.406 e. The summed E-state index contributed by atoms with van der Waals surface area (Å²) in [6.45, 7) is 0. The Hall–Kier alpha value is -2.84. The average Bonchev–Trinajstić information content (AvgIpc) is 2.67. The third kappa shape index (κ3) is 5.11. The molecule has 0 aliphatic carbocycles. The molecular weight excluding hydrogens is 391 g/mol. The normalized spacial score (nSPS) is 12.1. The fraction of sp³-hybridized carbons (Fsp3) is 0.100. The molecule has 0 aromatic heterocycles. The minimum atomic E-state index is -4.84. The highest BCUT2D eigenvalue weighted by Crippen LogP contribution is 2.27. The number of ether oxygens (including phenoxy) is 1. The van der Waals surface area contributed by atoms with Gasteiger partial charge < -0.3 is 4.74 Å². The van der Waals surface area contributed by atoms with Crippen LogP contribution in [-0.4, -0.2) is 14.8 Å². The van der Waals surface area contributed by atoms with E-state index in [9.17, 15) is 21.6 Å². The lowest BCUT2D eigenvalue weighted by Gasteiger charge is -2.20. The molecular formula is C20H16F3NO3S. The summed E-state index contributed by atoms with van der Waals surface area (Å²) in [4.78, 5) is -0.168. The van der Waals surface area contributed by atoms with Crippen molar-refractivity contribution in [3.8, 4) is 5.75 Å². The van der Waals surface area contributed by atoms with Crippen molar-refractivity contribution >= 4 is 10.0 Å². The number of alkyl halides is 3. The Kier molecular flexibility index (Phi) is 5.71. The highest BCUT2D eigenvalue weighted by Gasteiger charge is 2.31. The lowest BCUT2D eigenvalue weighted by Crippen LogP contribution is -2.29. The van der Waals surface area contributed by atoms with Gasteiger partial charge in [0.1, 0.15) is 5.75 Å². The third-order valence-electron chi connectivity index (χ3n) is 3.91. The third-order valence-corrected chi connectivity index (χ3v) is 5.35. The van der Waals surface area contributed by atoms with Crippen LogP contribution in [0.15, 0.2) is 89.8 Å². The molecule has 0 saturated heterocycles. The Bertz CT molecular complexity index is 967. The maximum atomic E-state index is 12.8. The van der Waals surface area contributed by atoms with Gasteiger partial charge in [0.15, 0.2) is 0 Å². The molecule has 0 radical (unpaired) electrons. The van der Waals surface area contributed by atoms with Crippen molar-refractivity contribution in [2.24, 2.45) is 0 Å². The first-order valence-electron chi connectivity index (χ1n) is 8.23.